The van der Waals surface area contributed by atoms with Gasteiger partial charge < -0.3 is 14.9 Å². The smallest absolute Gasteiger partial charge is 0.454 e. The van der Waals surface area contributed by atoms with E-state index in [4.69, 9.17) is 27.9 Å². The standard InChI is InChI=1S/C29H28Cl2F3N3O6S/c30-21-9-12-25(23(31)18-21)42-26-6-2-1-5-24(26)36-44(40,41)22-10-7-20(8-11-22)27(38)37(43-28(39)29(32,33)34)17-3-4-19-13-15-35-16-14-19/h1-2,5-12,18-19,35-36H,3-4,13-17H2. The minimum Gasteiger partial charge on any atom is -0.454 e. The number of piperidine rings is 1. The van der Waals surface area contributed by atoms with Crippen LogP contribution in [0.25, 0.3) is 0 Å². The van der Waals surface area contributed by atoms with Crippen LogP contribution in [0.1, 0.15) is 36.0 Å². The summed E-state index contributed by atoms with van der Waals surface area (Å²) in [5.41, 5.74) is -0.0976. The van der Waals surface area contributed by atoms with E-state index in [0.29, 0.717) is 28.8 Å². The van der Waals surface area contributed by atoms with Gasteiger partial charge in [-0.2, -0.15) is 18.2 Å². The van der Waals surface area contributed by atoms with Gasteiger partial charge in [0.25, 0.3) is 15.9 Å². The van der Waals surface area contributed by atoms with Crippen molar-refractivity contribution in [1.29, 1.82) is 0 Å². The highest BCUT2D eigenvalue weighted by atomic mass is 35.5. The molecule has 1 saturated heterocycles. The van der Waals surface area contributed by atoms with Crippen molar-refractivity contribution in [3.63, 3.8) is 0 Å². The number of hydroxylamine groups is 2. The summed E-state index contributed by atoms with van der Waals surface area (Å²) in [6, 6.07) is 15.2. The molecular formula is C29H28Cl2F3N3O6S. The van der Waals surface area contributed by atoms with Crippen LogP contribution in [0.4, 0.5) is 18.9 Å². The molecule has 1 aliphatic rings. The van der Waals surface area contributed by atoms with Crippen molar-refractivity contribution < 1.29 is 40.8 Å². The second kappa shape index (κ2) is 14.5. The first-order valence-electron chi connectivity index (χ1n) is 13.5. The molecule has 0 aromatic heterocycles. The fourth-order valence-electron chi connectivity index (χ4n) is 4.48. The van der Waals surface area contributed by atoms with E-state index in [1.807, 2.05) is 0 Å². The molecule has 0 radical (unpaired) electrons. The quantitative estimate of drug-likeness (QED) is 0.227. The summed E-state index contributed by atoms with van der Waals surface area (Å²) >= 11 is 12.1. The van der Waals surface area contributed by atoms with Crippen LogP contribution in [0, 0.1) is 5.92 Å². The Hall–Kier alpha value is -3.52. The zero-order valence-corrected chi connectivity index (χ0v) is 25.4. The van der Waals surface area contributed by atoms with Crippen LogP contribution in [-0.2, 0) is 19.7 Å². The number of rotatable bonds is 10. The second-order valence-electron chi connectivity index (χ2n) is 9.92. The Kier molecular flexibility index (Phi) is 11.0. The lowest BCUT2D eigenvalue weighted by atomic mass is 9.93. The third-order valence-electron chi connectivity index (χ3n) is 6.74. The van der Waals surface area contributed by atoms with E-state index in [9.17, 15) is 31.2 Å². The molecule has 0 saturated carbocycles. The Bertz CT molecular complexity index is 1580. The Morgan fingerprint density at radius 1 is 0.977 bits per heavy atom. The number of para-hydroxylation sites is 2. The molecule has 1 aliphatic heterocycles. The van der Waals surface area contributed by atoms with Crippen LogP contribution in [0.3, 0.4) is 0 Å². The average molecular weight is 675 g/mol. The lowest BCUT2D eigenvalue weighted by Gasteiger charge is -2.25. The molecule has 3 aromatic rings. The van der Waals surface area contributed by atoms with Gasteiger partial charge in [-0.3, -0.25) is 9.52 Å². The number of halogens is 5. The maximum Gasteiger partial charge on any atom is 0.493 e. The van der Waals surface area contributed by atoms with Gasteiger partial charge in [-0.15, -0.1) is 0 Å². The molecule has 1 amide bonds. The maximum absolute atomic E-state index is 13.2. The van der Waals surface area contributed by atoms with Crippen LogP contribution in [0.2, 0.25) is 10.0 Å². The first-order chi connectivity index (χ1) is 20.8. The normalized spacial score (nSPS) is 14.1. The Morgan fingerprint density at radius 3 is 2.32 bits per heavy atom. The fourth-order valence-corrected chi connectivity index (χ4v) is 5.99. The number of nitrogens with zero attached hydrogens (tertiary/aromatic N) is 1. The highest BCUT2D eigenvalue weighted by molar-refractivity contribution is 7.92. The third kappa shape index (κ3) is 9.00. The Balaban J connectivity index is 1.48. The van der Waals surface area contributed by atoms with Gasteiger partial charge in [0, 0.05) is 10.6 Å². The van der Waals surface area contributed by atoms with Crippen LogP contribution < -0.4 is 14.8 Å². The van der Waals surface area contributed by atoms with Gasteiger partial charge in [-0.1, -0.05) is 35.3 Å². The summed E-state index contributed by atoms with van der Waals surface area (Å²) in [5, 5.41) is 4.18. The molecule has 44 heavy (non-hydrogen) atoms. The summed E-state index contributed by atoms with van der Waals surface area (Å²) in [4.78, 5) is 28.8. The van der Waals surface area contributed by atoms with Gasteiger partial charge in [-0.25, -0.2) is 13.2 Å². The molecular weight excluding hydrogens is 646 g/mol. The monoisotopic (exact) mass is 673 g/mol. The molecule has 4 rings (SSSR count). The van der Waals surface area contributed by atoms with Crippen LogP contribution in [0.15, 0.2) is 71.6 Å². The van der Waals surface area contributed by atoms with Gasteiger partial charge in [0.05, 0.1) is 22.2 Å². The summed E-state index contributed by atoms with van der Waals surface area (Å²) in [6.45, 7) is 1.40. The fraction of sp³-hybridized carbons (Fsp3) is 0.310. The summed E-state index contributed by atoms with van der Waals surface area (Å²) in [6.07, 6.45) is -2.58. The van der Waals surface area contributed by atoms with E-state index in [1.165, 1.54) is 24.3 Å². The van der Waals surface area contributed by atoms with Gasteiger partial charge >= 0.3 is 12.1 Å². The number of nitrogens with one attached hydrogen (secondary N) is 2. The molecule has 0 spiro atoms. The van der Waals surface area contributed by atoms with Crippen molar-refractivity contribution in [2.45, 2.75) is 36.8 Å². The molecule has 15 heteroatoms. The SMILES string of the molecule is O=C(c1ccc(S(=O)(=O)Nc2ccccc2Oc2ccc(Cl)cc2Cl)cc1)N(CCCC1CCNCC1)OC(=O)C(F)(F)F. The number of benzene rings is 3. The molecule has 236 valence electrons. The van der Waals surface area contributed by atoms with E-state index in [0.717, 1.165) is 50.2 Å². The lowest BCUT2D eigenvalue weighted by Crippen LogP contribution is -2.39. The van der Waals surface area contributed by atoms with Crippen LogP contribution in [-0.4, -0.2) is 51.2 Å². The molecule has 1 fully saturated rings. The minimum absolute atomic E-state index is 0.0812. The van der Waals surface area contributed by atoms with Crippen LogP contribution in [0.5, 0.6) is 11.5 Å². The number of alkyl halides is 3. The van der Waals surface area contributed by atoms with Crippen molar-refractivity contribution in [1.82, 2.24) is 10.4 Å². The van der Waals surface area contributed by atoms with E-state index >= 15 is 0 Å². The Labute approximate surface area is 262 Å². The number of hydrogen-bond donors (Lipinski definition) is 2. The molecule has 0 aliphatic carbocycles. The molecule has 0 bridgehead atoms. The number of amides is 1. The van der Waals surface area contributed by atoms with Crippen molar-refractivity contribution in [3.05, 3.63) is 82.3 Å². The van der Waals surface area contributed by atoms with Gasteiger partial charge in [0.2, 0.25) is 0 Å². The van der Waals surface area contributed by atoms with E-state index in [1.54, 1.807) is 18.2 Å². The highest BCUT2D eigenvalue weighted by Gasteiger charge is 2.43. The highest BCUT2D eigenvalue weighted by Crippen LogP contribution is 2.36. The van der Waals surface area contributed by atoms with Crippen molar-refractivity contribution in [2.24, 2.45) is 5.92 Å². The number of anilines is 1. The number of carbonyl (C=O) groups excluding carboxylic acids is 2. The predicted molar refractivity (Wildman–Crippen MR) is 158 cm³/mol. The molecule has 3 aromatic carbocycles. The van der Waals surface area contributed by atoms with Gasteiger partial charge in [0.1, 0.15) is 5.75 Å². The molecule has 0 unspecified atom stereocenters. The van der Waals surface area contributed by atoms with Gasteiger partial charge in [0.15, 0.2) is 5.75 Å². The number of ether oxygens (including phenoxy) is 1. The van der Waals surface area contributed by atoms with Gasteiger partial charge in [-0.05, 0) is 99.3 Å². The molecule has 1 heterocycles. The van der Waals surface area contributed by atoms with Crippen LogP contribution >= 0.6 is 23.2 Å². The minimum atomic E-state index is -5.31. The lowest BCUT2D eigenvalue weighted by molar-refractivity contribution is -0.228. The third-order valence-corrected chi connectivity index (χ3v) is 8.65. The van der Waals surface area contributed by atoms with Crippen molar-refractivity contribution in [3.8, 4) is 11.5 Å². The number of hydrogen-bond acceptors (Lipinski definition) is 7. The zero-order valence-electron chi connectivity index (χ0n) is 23.1. The molecule has 2 N–H and O–H groups in total. The summed E-state index contributed by atoms with van der Waals surface area (Å²) in [5.74, 6) is -2.85. The average Bonchev–Trinajstić information content (AvgIpc) is 2.98. The predicted octanol–water partition coefficient (Wildman–Crippen LogP) is 6.83. The largest absolute Gasteiger partial charge is 0.493 e. The van der Waals surface area contributed by atoms with E-state index < -0.39 is 28.1 Å². The maximum atomic E-state index is 13.2. The summed E-state index contributed by atoms with van der Waals surface area (Å²) < 4.78 is 73.3. The van der Waals surface area contributed by atoms with E-state index in [2.05, 4.69) is 14.9 Å². The topological polar surface area (TPSA) is 114 Å². The first-order valence-corrected chi connectivity index (χ1v) is 15.7. The molecule has 9 nitrogen and oxygen atoms in total. The van der Waals surface area contributed by atoms with E-state index in [-0.39, 0.29) is 39.2 Å². The summed E-state index contributed by atoms with van der Waals surface area (Å²) in [7, 11) is -4.22. The first kappa shape index (κ1) is 33.4. The number of sulfonamides is 1. The molecule has 0 atom stereocenters. The number of carbonyl (C=O) groups is 2. The van der Waals surface area contributed by atoms with Crippen molar-refractivity contribution >= 4 is 50.8 Å². The second-order valence-corrected chi connectivity index (χ2v) is 12.4. The zero-order chi connectivity index (χ0) is 31.9. The Morgan fingerprint density at radius 2 is 1.66 bits per heavy atom. The van der Waals surface area contributed by atoms with Crippen molar-refractivity contribution in [2.75, 3.05) is 24.4 Å².